The van der Waals surface area contributed by atoms with Crippen LogP contribution in [0.3, 0.4) is 0 Å². The molecule has 0 amide bonds. The lowest BCUT2D eigenvalue weighted by Crippen LogP contribution is -2.39. The van der Waals surface area contributed by atoms with Crippen LogP contribution in [0.15, 0.2) is 52.1 Å². The number of aliphatic hydroxyl groups excluding tert-OH is 1. The number of guanidine groups is 1. The van der Waals surface area contributed by atoms with Crippen LogP contribution in [0.4, 0.5) is 0 Å². The summed E-state index contributed by atoms with van der Waals surface area (Å²) in [6, 6.07) is 12.2. The highest BCUT2D eigenvalue weighted by atomic mass is 16.4. The second-order valence-corrected chi connectivity index (χ2v) is 5.71. The predicted octanol–water partition coefficient (Wildman–Crippen LogP) is 3.19. The van der Waals surface area contributed by atoms with Gasteiger partial charge in [-0.05, 0) is 43.5 Å². The maximum Gasteiger partial charge on any atom is 0.191 e. The number of hydrogen-bond donors (Lipinski definition) is 3. The third-order valence-corrected chi connectivity index (χ3v) is 3.88. The van der Waals surface area contributed by atoms with Crippen molar-refractivity contribution in [2.24, 2.45) is 4.99 Å². The zero-order valence-corrected chi connectivity index (χ0v) is 14.6. The van der Waals surface area contributed by atoms with E-state index in [9.17, 15) is 5.11 Å². The van der Waals surface area contributed by atoms with Crippen LogP contribution in [0.25, 0.3) is 0 Å². The summed E-state index contributed by atoms with van der Waals surface area (Å²) in [5, 5.41) is 16.7. The standard InChI is InChI=1S/C19H27N3O2/c1-4-15-8-10-16(11-9-15)14(3)22-19(20-5-2)21-13-17(23)18-7-6-12-24-18/h6-12,14,17,23H,4-5,13H2,1-3H3,(H2,20,21,22). The molecule has 5 heteroatoms. The molecule has 0 aliphatic carbocycles. The van der Waals surface area contributed by atoms with E-state index in [1.807, 2.05) is 6.92 Å². The average Bonchev–Trinajstić information content (AvgIpc) is 3.14. The zero-order valence-electron chi connectivity index (χ0n) is 14.6. The number of hydrogen-bond acceptors (Lipinski definition) is 3. The normalized spacial score (nSPS) is 14.2. The number of nitrogens with one attached hydrogen (secondary N) is 2. The van der Waals surface area contributed by atoms with Gasteiger partial charge in [0, 0.05) is 6.54 Å². The number of nitrogens with zero attached hydrogens (tertiary/aromatic N) is 1. The minimum Gasteiger partial charge on any atom is -0.467 e. The smallest absolute Gasteiger partial charge is 0.191 e. The van der Waals surface area contributed by atoms with Crippen molar-refractivity contribution in [3.05, 3.63) is 59.5 Å². The van der Waals surface area contributed by atoms with Crippen molar-refractivity contribution in [3.8, 4) is 0 Å². The molecule has 0 spiro atoms. The van der Waals surface area contributed by atoms with E-state index in [-0.39, 0.29) is 12.6 Å². The molecular weight excluding hydrogens is 302 g/mol. The molecule has 2 aromatic rings. The van der Waals surface area contributed by atoms with Crippen molar-refractivity contribution in [2.45, 2.75) is 39.3 Å². The van der Waals surface area contributed by atoms with E-state index in [1.54, 1.807) is 18.4 Å². The van der Waals surface area contributed by atoms with E-state index in [1.165, 1.54) is 11.1 Å². The number of aliphatic imine (C=N–C) groups is 1. The Morgan fingerprint density at radius 3 is 2.54 bits per heavy atom. The fraction of sp³-hybridized carbons (Fsp3) is 0.421. The van der Waals surface area contributed by atoms with Gasteiger partial charge in [-0.3, -0.25) is 4.99 Å². The largest absolute Gasteiger partial charge is 0.467 e. The van der Waals surface area contributed by atoms with Crippen molar-refractivity contribution in [3.63, 3.8) is 0 Å². The Balaban J connectivity index is 1.99. The molecule has 2 atom stereocenters. The van der Waals surface area contributed by atoms with E-state index < -0.39 is 6.10 Å². The molecule has 1 heterocycles. The van der Waals surface area contributed by atoms with Gasteiger partial charge in [-0.15, -0.1) is 0 Å². The summed E-state index contributed by atoms with van der Waals surface area (Å²) in [6.45, 7) is 7.25. The first-order chi connectivity index (χ1) is 11.6. The first kappa shape index (κ1) is 18.1. The van der Waals surface area contributed by atoms with Crippen LogP contribution in [0.5, 0.6) is 0 Å². The van der Waals surface area contributed by atoms with Gasteiger partial charge < -0.3 is 20.2 Å². The van der Waals surface area contributed by atoms with Crippen LogP contribution in [0.2, 0.25) is 0 Å². The Morgan fingerprint density at radius 2 is 1.96 bits per heavy atom. The summed E-state index contributed by atoms with van der Waals surface area (Å²) in [5.41, 5.74) is 2.53. The van der Waals surface area contributed by atoms with Crippen LogP contribution >= 0.6 is 0 Å². The van der Waals surface area contributed by atoms with E-state index in [2.05, 4.69) is 53.7 Å². The van der Waals surface area contributed by atoms with Gasteiger partial charge in [-0.1, -0.05) is 31.2 Å². The lowest BCUT2D eigenvalue weighted by atomic mass is 10.1. The Kier molecular flexibility index (Phi) is 6.88. The maximum atomic E-state index is 10.1. The third-order valence-electron chi connectivity index (χ3n) is 3.88. The Bertz CT molecular complexity index is 621. The van der Waals surface area contributed by atoms with Crippen LogP contribution in [0, 0.1) is 0 Å². The molecule has 0 aliphatic heterocycles. The highest BCUT2D eigenvalue weighted by molar-refractivity contribution is 5.80. The SMILES string of the molecule is CCNC(=NCC(O)c1ccco1)NC(C)c1ccc(CC)cc1. The Morgan fingerprint density at radius 1 is 1.21 bits per heavy atom. The van der Waals surface area contributed by atoms with Gasteiger partial charge in [-0.2, -0.15) is 0 Å². The first-order valence-electron chi connectivity index (χ1n) is 8.49. The van der Waals surface area contributed by atoms with Gasteiger partial charge in [0.25, 0.3) is 0 Å². The second-order valence-electron chi connectivity index (χ2n) is 5.71. The molecule has 0 bridgehead atoms. The quantitative estimate of drug-likeness (QED) is 0.539. The fourth-order valence-corrected chi connectivity index (χ4v) is 2.40. The van der Waals surface area contributed by atoms with Gasteiger partial charge in [-0.25, -0.2) is 0 Å². The summed E-state index contributed by atoms with van der Waals surface area (Å²) in [6.07, 6.45) is 1.85. The molecule has 1 aromatic heterocycles. The van der Waals surface area contributed by atoms with Gasteiger partial charge in [0.1, 0.15) is 11.9 Å². The monoisotopic (exact) mass is 329 g/mol. The van der Waals surface area contributed by atoms with Gasteiger partial charge in [0.2, 0.25) is 0 Å². The molecule has 0 radical (unpaired) electrons. The fourth-order valence-electron chi connectivity index (χ4n) is 2.40. The van der Waals surface area contributed by atoms with Crippen LogP contribution in [-0.2, 0) is 6.42 Å². The Labute approximate surface area is 143 Å². The maximum absolute atomic E-state index is 10.1. The minimum absolute atomic E-state index is 0.120. The molecule has 24 heavy (non-hydrogen) atoms. The minimum atomic E-state index is -0.741. The highest BCUT2D eigenvalue weighted by Crippen LogP contribution is 2.15. The molecule has 130 valence electrons. The lowest BCUT2D eigenvalue weighted by molar-refractivity contribution is 0.158. The van der Waals surface area contributed by atoms with E-state index in [4.69, 9.17) is 4.42 Å². The van der Waals surface area contributed by atoms with Gasteiger partial charge in [0.15, 0.2) is 5.96 Å². The lowest BCUT2D eigenvalue weighted by Gasteiger charge is -2.19. The molecule has 0 saturated heterocycles. The highest BCUT2D eigenvalue weighted by Gasteiger charge is 2.11. The van der Waals surface area contributed by atoms with Crippen molar-refractivity contribution in [1.29, 1.82) is 0 Å². The van der Waals surface area contributed by atoms with E-state index in [0.717, 1.165) is 13.0 Å². The topological polar surface area (TPSA) is 69.8 Å². The summed E-state index contributed by atoms with van der Waals surface area (Å²) < 4.78 is 5.20. The predicted molar refractivity (Wildman–Crippen MR) is 97.0 cm³/mol. The molecule has 1 aromatic carbocycles. The third kappa shape index (κ3) is 5.13. The molecule has 0 saturated carbocycles. The summed E-state index contributed by atoms with van der Waals surface area (Å²) >= 11 is 0. The molecular formula is C19H27N3O2. The number of benzene rings is 1. The molecule has 0 aliphatic rings. The molecule has 5 nitrogen and oxygen atoms in total. The summed E-state index contributed by atoms with van der Waals surface area (Å²) in [4.78, 5) is 4.45. The summed E-state index contributed by atoms with van der Waals surface area (Å²) in [5.74, 6) is 1.20. The van der Waals surface area contributed by atoms with Crippen molar-refractivity contribution in [1.82, 2.24) is 10.6 Å². The van der Waals surface area contributed by atoms with Gasteiger partial charge in [0.05, 0.1) is 18.8 Å². The van der Waals surface area contributed by atoms with Crippen LogP contribution < -0.4 is 10.6 Å². The first-order valence-corrected chi connectivity index (χ1v) is 8.49. The molecule has 3 N–H and O–H groups in total. The molecule has 2 rings (SSSR count). The second kappa shape index (κ2) is 9.13. The van der Waals surface area contributed by atoms with Crippen molar-refractivity contribution < 1.29 is 9.52 Å². The molecule has 2 unspecified atom stereocenters. The van der Waals surface area contributed by atoms with Crippen molar-refractivity contribution >= 4 is 5.96 Å². The average molecular weight is 329 g/mol. The number of aliphatic hydroxyl groups is 1. The summed E-state index contributed by atoms with van der Waals surface area (Å²) in [7, 11) is 0. The van der Waals surface area contributed by atoms with Crippen LogP contribution in [0.1, 0.15) is 49.8 Å². The van der Waals surface area contributed by atoms with Crippen LogP contribution in [-0.4, -0.2) is 24.2 Å². The van der Waals surface area contributed by atoms with Gasteiger partial charge >= 0.3 is 0 Å². The zero-order chi connectivity index (χ0) is 17.4. The number of rotatable bonds is 7. The molecule has 0 fully saturated rings. The number of aryl methyl sites for hydroxylation is 1. The van der Waals surface area contributed by atoms with E-state index in [0.29, 0.717) is 11.7 Å². The Hall–Kier alpha value is -2.27. The van der Waals surface area contributed by atoms with E-state index >= 15 is 0 Å². The van der Waals surface area contributed by atoms with Crippen molar-refractivity contribution in [2.75, 3.05) is 13.1 Å². The number of furan rings is 1.